The van der Waals surface area contributed by atoms with Crippen molar-refractivity contribution in [3.8, 4) is 5.88 Å². The fraction of sp³-hybridized carbons (Fsp3) is 0.214. The Kier molecular flexibility index (Phi) is 4.06. The van der Waals surface area contributed by atoms with Gasteiger partial charge in [0, 0.05) is 18.6 Å². The third kappa shape index (κ3) is 3.48. The topological polar surface area (TPSA) is 42.4 Å². The van der Waals surface area contributed by atoms with Crippen LogP contribution in [0.25, 0.3) is 0 Å². The van der Waals surface area contributed by atoms with Crippen molar-refractivity contribution < 1.29 is 18.6 Å². The standard InChI is InChI=1S/C14H13F2NO2/c1-19-14-4-2-3-12(17-14)13(18)7-9-5-10(15)8-11(16)6-9/h2-6,8,13,18H,7H2,1H3. The summed E-state index contributed by atoms with van der Waals surface area (Å²) < 4.78 is 31.0. The van der Waals surface area contributed by atoms with Crippen molar-refractivity contribution in [2.75, 3.05) is 7.11 Å². The number of halogens is 2. The molecule has 100 valence electrons. The summed E-state index contributed by atoms with van der Waals surface area (Å²) in [6.45, 7) is 0. The van der Waals surface area contributed by atoms with Crippen LogP contribution in [-0.2, 0) is 6.42 Å². The van der Waals surface area contributed by atoms with Gasteiger partial charge in [0.05, 0.1) is 12.8 Å². The number of hydrogen-bond acceptors (Lipinski definition) is 3. The number of hydrogen-bond donors (Lipinski definition) is 1. The summed E-state index contributed by atoms with van der Waals surface area (Å²) in [5.41, 5.74) is 0.763. The van der Waals surface area contributed by atoms with E-state index in [1.54, 1.807) is 18.2 Å². The van der Waals surface area contributed by atoms with Gasteiger partial charge in [0.15, 0.2) is 0 Å². The molecule has 1 N–H and O–H groups in total. The summed E-state index contributed by atoms with van der Waals surface area (Å²) >= 11 is 0. The van der Waals surface area contributed by atoms with Crippen molar-refractivity contribution in [3.05, 3.63) is 59.3 Å². The molecule has 0 aliphatic heterocycles. The van der Waals surface area contributed by atoms with Crippen LogP contribution >= 0.6 is 0 Å². The average molecular weight is 265 g/mol. The Bertz CT molecular complexity index is 555. The summed E-state index contributed by atoms with van der Waals surface area (Å²) in [6.07, 6.45) is -0.870. The minimum atomic E-state index is -0.948. The number of ether oxygens (including phenoxy) is 1. The van der Waals surface area contributed by atoms with Crippen LogP contribution in [0, 0.1) is 11.6 Å². The summed E-state index contributed by atoms with van der Waals surface area (Å²) in [7, 11) is 1.47. The summed E-state index contributed by atoms with van der Waals surface area (Å²) in [5, 5.41) is 10.0. The van der Waals surface area contributed by atoms with E-state index in [4.69, 9.17) is 4.74 Å². The molecule has 1 atom stereocenters. The zero-order valence-electron chi connectivity index (χ0n) is 10.3. The minimum absolute atomic E-state index is 0.0782. The molecular formula is C14H13F2NO2. The van der Waals surface area contributed by atoms with Crippen molar-refractivity contribution in [1.82, 2.24) is 4.98 Å². The van der Waals surface area contributed by atoms with Crippen LogP contribution in [0.15, 0.2) is 36.4 Å². The molecule has 0 aliphatic carbocycles. The van der Waals surface area contributed by atoms with Crippen LogP contribution < -0.4 is 4.74 Å². The molecule has 1 aromatic heterocycles. The van der Waals surface area contributed by atoms with Crippen molar-refractivity contribution in [1.29, 1.82) is 0 Å². The fourth-order valence-corrected chi connectivity index (χ4v) is 1.79. The molecule has 1 heterocycles. The van der Waals surface area contributed by atoms with Crippen LogP contribution in [-0.4, -0.2) is 17.2 Å². The van der Waals surface area contributed by atoms with Gasteiger partial charge in [0.1, 0.15) is 17.7 Å². The van der Waals surface area contributed by atoms with E-state index in [1.165, 1.54) is 19.2 Å². The number of benzene rings is 1. The largest absolute Gasteiger partial charge is 0.481 e. The van der Waals surface area contributed by atoms with E-state index in [1.807, 2.05) is 0 Å². The third-order valence-electron chi connectivity index (χ3n) is 2.65. The summed E-state index contributed by atoms with van der Waals surface area (Å²) in [4.78, 5) is 4.07. The average Bonchev–Trinajstić information content (AvgIpc) is 2.37. The SMILES string of the molecule is COc1cccc(C(O)Cc2cc(F)cc(F)c2)n1. The van der Waals surface area contributed by atoms with E-state index in [2.05, 4.69) is 4.98 Å². The van der Waals surface area contributed by atoms with Crippen molar-refractivity contribution in [2.24, 2.45) is 0 Å². The van der Waals surface area contributed by atoms with E-state index in [-0.39, 0.29) is 6.42 Å². The molecule has 0 aliphatic rings. The first-order valence-electron chi connectivity index (χ1n) is 5.72. The molecule has 0 fully saturated rings. The molecule has 0 saturated carbocycles. The first-order valence-corrected chi connectivity index (χ1v) is 5.72. The normalized spacial score (nSPS) is 12.2. The van der Waals surface area contributed by atoms with Gasteiger partial charge in [0.25, 0.3) is 0 Å². The maximum atomic E-state index is 13.0. The van der Waals surface area contributed by atoms with Gasteiger partial charge in [-0.1, -0.05) is 6.07 Å². The molecule has 3 nitrogen and oxygen atoms in total. The van der Waals surface area contributed by atoms with Crippen LogP contribution in [0.3, 0.4) is 0 Å². The number of aliphatic hydroxyl groups excluding tert-OH is 1. The molecule has 0 amide bonds. The maximum absolute atomic E-state index is 13.0. The number of methoxy groups -OCH3 is 1. The Morgan fingerprint density at radius 1 is 1.21 bits per heavy atom. The lowest BCUT2D eigenvalue weighted by Crippen LogP contribution is -2.05. The molecule has 0 spiro atoms. The Hall–Kier alpha value is -2.01. The highest BCUT2D eigenvalue weighted by Gasteiger charge is 2.12. The predicted octanol–water partition coefficient (Wildman–Crippen LogP) is 2.64. The van der Waals surface area contributed by atoms with Crippen molar-refractivity contribution in [3.63, 3.8) is 0 Å². The molecule has 19 heavy (non-hydrogen) atoms. The number of aliphatic hydroxyl groups is 1. The van der Waals surface area contributed by atoms with Gasteiger partial charge >= 0.3 is 0 Å². The van der Waals surface area contributed by atoms with E-state index in [0.29, 0.717) is 17.1 Å². The maximum Gasteiger partial charge on any atom is 0.213 e. The van der Waals surface area contributed by atoms with Crippen molar-refractivity contribution >= 4 is 0 Å². The van der Waals surface area contributed by atoms with Gasteiger partial charge in [-0.05, 0) is 23.8 Å². The van der Waals surface area contributed by atoms with Gasteiger partial charge < -0.3 is 9.84 Å². The van der Waals surface area contributed by atoms with Crippen LogP contribution in [0.4, 0.5) is 8.78 Å². The zero-order valence-corrected chi connectivity index (χ0v) is 10.3. The Labute approximate surface area is 109 Å². The molecule has 1 aromatic carbocycles. The summed E-state index contributed by atoms with van der Waals surface area (Å²) in [5.74, 6) is -0.955. The highest BCUT2D eigenvalue weighted by molar-refractivity contribution is 5.22. The fourth-order valence-electron chi connectivity index (χ4n) is 1.79. The lowest BCUT2D eigenvalue weighted by Gasteiger charge is -2.11. The van der Waals surface area contributed by atoms with Gasteiger partial charge in [-0.2, -0.15) is 0 Å². The van der Waals surface area contributed by atoms with E-state index >= 15 is 0 Å². The van der Waals surface area contributed by atoms with Gasteiger partial charge in [0.2, 0.25) is 5.88 Å². The zero-order chi connectivity index (χ0) is 13.8. The predicted molar refractivity (Wildman–Crippen MR) is 65.8 cm³/mol. The number of pyridine rings is 1. The Morgan fingerprint density at radius 3 is 2.53 bits per heavy atom. The number of nitrogens with zero attached hydrogens (tertiary/aromatic N) is 1. The molecular weight excluding hydrogens is 252 g/mol. The smallest absolute Gasteiger partial charge is 0.213 e. The van der Waals surface area contributed by atoms with Gasteiger partial charge in [-0.15, -0.1) is 0 Å². The first-order chi connectivity index (χ1) is 9.08. The molecule has 2 rings (SSSR count). The quantitative estimate of drug-likeness (QED) is 0.924. The monoisotopic (exact) mass is 265 g/mol. The van der Waals surface area contributed by atoms with E-state index < -0.39 is 17.7 Å². The third-order valence-corrected chi connectivity index (χ3v) is 2.65. The van der Waals surface area contributed by atoms with E-state index in [9.17, 15) is 13.9 Å². The second-order valence-electron chi connectivity index (χ2n) is 4.10. The molecule has 0 bridgehead atoms. The second kappa shape index (κ2) is 5.75. The van der Waals surface area contributed by atoms with Crippen molar-refractivity contribution in [2.45, 2.75) is 12.5 Å². The first kappa shape index (κ1) is 13.4. The minimum Gasteiger partial charge on any atom is -0.481 e. The second-order valence-corrected chi connectivity index (χ2v) is 4.10. The van der Waals surface area contributed by atoms with E-state index in [0.717, 1.165) is 6.07 Å². The molecule has 1 unspecified atom stereocenters. The van der Waals surface area contributed by atoms with Crippen LogP contribution in [0.1, 0.15) is 17.4 Å². The number of aromatic nitrogens is 1. The Morgan fingerprint density at radius 2 is 1.89 bits per heavy atom. The molecule has 0 saturated heterocycles. The lowest BCUT2D eigenvalue weighted by molar-refractivity contribution is 0.172. The summed E-state index contributed by atoms with van der Waals surface area (Å²) in [6, 6.07) is 8.14. The Balaban J connectivity index is 2.17. The van der Waals surface area contributed by atoms with Gasteiger partial charge in [-0.3, -0.25) is 0 Å². The van der Waals surface area contributed by atoms with Crippen LogP contribution in [0.5, 0.6) is 5.88 Å². The highest BCUT2D eigenvalue weighted by Crippen LogP contribution is 2.20. The van der Waals surface area contributed by atoms with Crippen LogP contribution in [0.2, 0.25) is 0 Å². The molecule has 0 radical (unpaired) electrons. The molecule has 2 aromatic rings. The van der Waals surface area contributed by atoms with Gasteiger partial charge in [-0.25, -0.2) is 13.8 Å². The highest BCUT2D eigenvalue weighted by atomic mass is 19.1. The lowest BCUT2D eigenvalue weighted by atomic mass is 10.0. The molecule has 5 heteroatoms. The number of rotatable bonds is 4.